The second kappa shape index (κ2) is 10.2. The predicted octanol–water partition coefficient (Wildman–Crippen LogP) is 5.18. The lowest BCUT2D eigenvalue weighted by molar-refractivity contribution is -0.385. The molecule has 0 saturated heterocycles. The molecule has 0 spiro atoms. The Kier molecular flexibility index (Phi) is 6.75. The highest BCUT2D eigenvalue weighted by Gasteiger charge is 2.46. The van der Waals surface area contributed by atoms with Crippen molar-refractivity contribution >= 4 is 23.2 Å². The van der Waals surface area contributed by atoms with Crippen molar-refractivity contribution in [1.82, 2.24) is 4.90 Å². The molecule has 0 fully saturated rings. The van der Waals surface area contributed by atoms with Crippen molar-refractivity contribution in [3.05, 3.63) is 92.5 Å². The number of benzene rings is 3. The van der Waals surface area contributed by atoms with E-state index in [0.717, 1.165) is 11.1 Å². The largest absolute Gasteiger partial charge is 0.490 e. The SMILES string of the molecule is CCOc1cc2c(cc1OCC)[C@@H]1[C@@H](C(=O)Nc3cccc([N+](=O)[O-])c3C)c3ccccc3C(=O)N1CC2. The number of amides is 2. The number of fused-ring (bicyclic) bond motifs is 4. The van der Waals surface area contributed by atoms with E-state index in [4.69, 9.17) is 9.47 Å². The van der Waals surface area contributed by atoms with E-state index in [1.54, 1.807) is 42.2 Å². The minimum Gasteiger partial charge on any atom is -0.490 e. The zero-order valence-electron chi connectivity index (χ0n) is 21.5. The van der Waals surface area contributed by atoms with E-state index in [1.807, 2.05) is 32.0 Å². The van der Waals surface area contributed by atoms with Crippen LogP contribution < -0.4 is 14.8 Å². The molecule has 0 bridgehead atoms. The summed E-state index contributed by atoms with van der Waals surface area (Å²) in [6.07, 6.45) is 0.616. The molecule has 9 nitrogen and oxygen atoms in total. The van der Waals surface area contributed by atoms with Crippen LogP contribution in [0.5, 0.6) is 11.5 Å². The van der Waals surface area contributed by atoms with Crippen LogP contribution in [0.4, 0.5) is 11.4 Å². The highest BCUT2D eigenvalue weighted by atomic mass is 16.6. The van der Waals surface area contributed by atoms with Gasteiger partial charge in [0.05, 0.1) is 41.3 Å². The fourth-order valence-corrected chi connectivity index (χ4v) is 5.52. The quantitative estimate of drug-likeness (QED) is 0.343. The second-order valence-electron chi connectivity index (χ2n) is 9.32. The summed E-state index contributed by atoms with van der Waals surface area (Å²) in [5.41, 5.74) is 3.60. The number of nitro groups is 1. The van der Waals surface area contributed by atoms with Gasteiger partial charge in [0.2, 0.25) is 5.91 Å². The Morgan fingerprint density at radius 2 is 1.76 bits per heavy atom. The highest BCUT2D eigenvalue weighted by Crippen LogP contribution is 2.48. The number of rotatable bonds is 7. The first-order chi connectivity index (χ1) is 18.3. The van der Waals surface area contributed by atoms with Gasteiger partial charge in [-0.2, -0.15) is 0 Å². The smallest absolute Gasteiger partial charge is 0.274 e. The summed E-state index contributed by atoms with van der Waals surface area (Å²) in [6, 6.07) is 15.0. The van der Waals surface area contributed by atoms with Gasteiger partial charge in [0.1, 0.15) is 0 Å². The zero-order chi connectivity index (χ0) is 27.0. The second-order valence-corrected chi connectivity index (χ2v) is 9.32. The number of ether oxygens (including phenoxy) is 2. The number of carbonyl (C=O) groups excluding carboxylic acids is 2. The summed E-state index contributed by atoms with van der Waals surface area (Å²) in [5.74, 6) is -0.0109. The summed E-state index contributed by atoms with van der Waals surface area (Å²) in [4.78, 5) is 40.4. The first-order valence-electron chi connectivity index (χ1n) is 12.7. The molecule has 2 atom stereocenters. The average Bonchev–Trinajstić information content (AvgIpc) is 2.90. The Bertz CT molecular complexity index is 1440. The molecule has 9 heteroatoms. The first-order valence-corrected chi connectivity index (χ1v) is 12.7. The van der Waals surface area contributed by atoms with E-state index in [9.17, 15) is 19.7 Å². The fourth-order valence-electron chi connectivity index (χ4n) is 5.52. The molecular weight excluding hydrogens is 486 g/mol. The van der Waals surface area contributed by atoms with Crippen molar-refractivity contribution < 1.29 is 24.0 Å². The topological polar surface area (TPSA) is 111 Å². The molecular formula is C29H29N3O6. The maximum atomic E-state index is 14.0. The van der Waals surface area contributed by atoms with Gasteiger partial charge >= 0.3 is 0 Å². The van der Waals surface area contributed by atoms with Gasteiger partial charge in [-0.1, -0.05) is 24.3 Å². The third kappa shape index (κ3) is 4.23. The average molecular weight is 516 g/mol. The summed E-state index contributed by atoms with van der Waals surface area (Å²) in [6.45, 7) is 6.77. The molecule has 0 radical (unpaired) electrons. The minimum atomic E-state index is -0.742. The van der Waals surface area contributed by atoms with Crippen molar-refractivity contribution in [1.29, 1.82) is 0 Å². The van der Waals surface area contributed by atoms with Gasteiger partial charge in [-0.25, -0.2) is 0 Å². The summed E-state index contributed by atoms with van der Waals surface area (Å²) in [7, 11) is 0. The Morgan fingerprint density at radius 1 is 1.05 bits per heavy atom. The Labute approximate surface area is 220 Å². The van der Waals surface area contributed by atoms with Crippen LogP contribution >= 0.6 is 0 Å². The lowest BCUT2D eigenvalue weighted by atomic mass is 9.75. The Morgan fingerprint density at radius 3 is 2.47 bits per heavy atom. The first kappa shape index (κ1) is 25.3. The fraction of sp³-hybridized carbons (Fsp3) is 0.310. The lowest BCUT2D eigenvalue weighted by Crippen LogP contribution is -2.49. The molecule has 0 unspecified atom stereocenters. The van der Waals surface area contributed by atoms with E-state index in [1.165, 1.54) is 6.07 Å². The molecule has 0 aromatic heterocycles. The number of hydrogen-bond donors (Lipinski definition) is 1. The monoisotopic (exact) mass is 515 g/mol. The molecule has 0 saturated carbocycles. The minimum absolute atomic E-state index is 0.0727. The third-order valence-corrected chi connectivity index (χ3v) is 7.23. The van der Waals surface area contributed by atoms with Crippen LogP contribution in [0, 0.1) is 17.0 Å². The van der Waals surface area contributed by atoms with E-state index in [0.29, 0.717) is 60.1 Å². The van der Waals surface area contributed by atoms with Crippen molar-refractivity contribution in [2.75, 3.05) is 25.1 Å². The highest BCUT2D eigenvalue weighted by molar-refractivity contribution is 6.05. The standard InChI is InChI=1S/C29H29N3O6/c1-4-37-24-15-18-13-14-31-27(21(18)16-25(24)38-5-2)26(19-9-6-7-10-20(19)29(31)34)28(33)30-22-11-8-12-23(17(22)3)32(35)36/h6-12,15-16,26-27H,4-5,13-14H2,1-3H3,(H,30,33)/t26-,27+/m0/s1. The number of nitrogens with zero attached hydrogens (tertiary/aromatic N) is 2. The predicted molar refractivity (Wildman–Crippen MR) is 142 cm³/mol. The molecule has 0 aliphatic carbocycles. The normalized spacial score (nSPS) is 17.7. The van der Waals surface area contributed by atoms with Crippen LogP contribution in [0.3, 0.4) is 0 Å². The summed E-state index contributed by atoms with van der Waals surface area (Å²) in [5, 5.41) is 14.4. The number of nitrogens with one attached hydrogen (secondary N) is 1. The molecule has 196 valence electrons. The third-order valence-electron chi connectivity index (χ3n) is 7.23. The van der Waals surface area contributed by atoms with Crippen molar-refractivity contribution in [2.24, 2.45) is 0 Å². The van der Waals surface area contributed by atoms with Crippen LogP contribution in [0.1, 0.15) is 58.4 Å². The van der Waals surface area contributed by atoms with E-state index in [2.05, 4.69) is 5.32 Å². The van der Waals surface area contributed by atoms with Crippen LogP contribution in [0.15, 0.2) is 54.6 Å². The van der Waals surface area contributed by atoms with E-state index in [-0.39, 0.29) is 17.5 Å². The maximum Gasteiger partial charge on any atom is 0.274 e. The van der Waals surface area contributed by atoms with Gasteiger partial charge < -0.3 is 19.7 Å². The molecule has 2 aliphatic heterocycles. The molecule has 1 N–H and O–H groups in total. The lowest BCUT2D eigenvalue weighted by Gasteiger charge is -2.45. The van der Waals surface area contributed by atoms with Crippen LogP contribution in [0.2, 0.25) is 0 Å². The van der Waals surface area contributed by atoms with Gasteiger partial charge in [0.15, 0.2) is 11.5 Å². The molecule has 2 amide bonds. The molecule has 38 heavy (non-hydrogen) atoms. The van der Waals surface area contributed by atoms with Gasteiger partial charge in [-0.15, -0.1) is 0 Å². The molecule has 2 aliphatic rings. The van der Waals surface area contributed by atoms with E-state index >= 15 is 0 Å². The van der Waals surface area contributed by atoms with Gasteiger partial charge in [-0.05, 0) is 68.1 Å². The molecule has 5 rings (SSSR count). The van der Waals surface area contributed by atoms with Crippen molar-refractivity contribution in [3.63, 3.8) is 0 Å². The molecule has 2 heterocycles. The van der Waals surface area contributed by atoms with Crippen LogP contribution in [-0.4, -0.2) is 41.4 Å². The van der Waals surface area contributed by atoms with Crippen LogP contribution in [0.25, 0.3) is 0 Å². The summed E-state index contributed by atoms with van der Waals surface area (Å²) < 4.78 is 11.7. The van der Waals surface area contributed by atoms with Crippen LogP contribution in [-0.2, 0) is 11.2 Å². The number of nitro benzene ring substituents is 1. The number of hydrogen-bond acceptors (Lipinski definition) is 6. The van der Waals surface area contributed by atoms with Crippen molar-refractivity contribution in [3.8, 4) is 11.5 Å². The van der Waals surface area contributed by atoms with Gasteiger partial charge in [-0.3, -0.25) is 19.7 Å². The molecule has 3 aromatic rings. The van der Waals surface area contributed by atoms with Crippen molar-refractivity contribution in [2.45, 2.75) is 39.2 Å². The Hall–Kier alpha value is -4.40. The van der Waals surface area contributed by atoms with Gasteiger partial charge in [0.25, 0.3) is 11.6 Å². The zero-order valence-corrected chi connectivity index (χ0v) is 21.5. The number of carbonyl (C=O) groups is 2. The maximum absolute atomic E-state index is 14.0. The number of anilines is 1. The molecule has 3 aromatic carbocycles. The van der Waals surface area contributed by atoms with Gasteiger partial charge in [0, 0.05) is 18.2 Å². The summed E-state index contributed by atoms with van der Waals surface area (Å²) >= 11 is 0. The van der Waals surface area contributed by atoms with E-state index < -0.39 is 16.9 Å². The Balaban J connectivity index is 1.64.